The number of esters is 1. The third-order valence-corrected chi connectivity index (χ3v) is 4.01. The Labute approximate surface area is 119 Å². The van der Waals surface area contributed by atoms with Crippen LogP contribution >= 0.6 is 0 Å². The predicted octanol–water partition coefficient (Wildman–Crippen LogP) is -0.953. The highest BCUT2D eigenvalue weighted by Crippen LogP contribution is 2.20. The summed E-state index contributed by atoms with van der Waals surface area (Å²) in [7, 11) is -2.65. The minimum atomic E-state index is -3.87. The molecule has 4 N–H and O–H groups in total. The normalized spacial score (nSPS) is 11.3. The summed E-state index contributed by atoms with van der Waals surface area (Å²) in [5.74, 6) is -0.422. The Hall–Kier alpha value is -2.53. The lowest BCUT2D eigenvalue weighted by molar-refractivity contribution is 0.0600. The second-order valence-corrected chi connectivity index (χ2v) is 5.63. The van der Waals surface area contributed by atoms with Gasteiger partial charge in [-0.05, 0) is 18.2 Å². The fraction of sp³-hybridized carbons (Fsp3) is 0.200. The Morgan fingerprint density at radius 1 is 1.48 bits per heavy atom. The maximum absolute atomic E-state index is 12.1. The number of nitrogen functional groups attached to an aromatic ring is 1. The second kappa shape index (κ2) is 5.85. The van der Waals surface area contributed by atoms with E-state index in [9.17, 15) is 13.2 Å². The van der Waals surface area contributed by atoms with Crippen LogP contribution in [-0.2, 0) is 21.3 Å². The first kappa shape index (κ1) is 14.9. The number of rotatable bonds is 5. The molecule has 1 aromatic heterocycles. The number of anilines is 1. The number of carbonyl (C=O) groups excluding carboxylic acids is 1. The largest absolute Gasteiger partial charge is 0.465 e. The van der Waals surface area contributed by atoms with Crippen molar-refractivity contribution in [3.8, 4) is 0 Å². The Bertz CT molecular complexity index is 743. The zero-order chi connectivity index (χ0) is 15.5. The lowest BCUT2D eigenvalue weighted by Gasteiger charge is -2.09. The summed E-state index contributed by atoms with van der Waals surface area (Å²) in [6.07, 6.45) is 0. The van der Waals surface area contributed by atoms with Crippen LogP contribution in [0, 0.1) is 0 Å². The third-order valence-electron chi connectivity index (χ3n) is 2.53. The molecule has 2 aromatic rings. The summed E-state index contributed by atoms with van der Waals surface area (Å²) in [6, 6.07) is 3.76. The van der Waals surface area contributed by atoms with Gasteiger partial charge in [-0.3, -0.25) is 0 Å². The smallest absolute Gasteiger partial charge is 0.337 e. The number of ether oxygens (including phenoxy) is 1. The molecule has 0 bridgehead atoms. The quantitative estimate of drug-likeness (QED) is 0.471. The van der Waals surface area contributed by atoms with Crippen LogP contribution in [0.1, 0.15) is 16.2 Å². The van der Waals surface area contributed by atoms with E-state index in [0.29, 0.717) is 0 Å². The number of carbonyl (C=O) groups is 1. The van der Waals surface area contributed by atoms with E-state index < -0.39 is 16.0 Å². The van der Waals surface area contributed by atoms with Gasteiger partial charge in [0.15, 0.2) is 5.82 Å². The molecule has 112 valence electrons. The Kier molecular flexibility index (Phi) is 4.14. The molecule has 0 amide bonds. The number of nitrogens with zero attached hydrogens (tertiary/aromatic N) is 3. The fourth-order valence-electron chi connectivity index (χ4n) is 1.53. The van der Waals surface area contributed by atoms with Crippen molar-refractivity contribution in [1.29, 1.82) is 0 Å². The highest BCUT2D eigenvalue weighted by molar-refractivity contribution is 7.89. The Morgan fingerprint density at radius 3 is 2.81 bits per heavy atom. The first-order valence-corrected chi connectivity index (χ1v) is 7.12. The number of tetrazole rings is 1. The molecule has 0 aliphatic carbocycles. The van der Waals surface area contributed by atoms with Gasteiger partial charge in [0, 0.05) is 0 Å². The first-order chi connectivity index (χ1) is 9.94. The minimum absolute atomic E-state index is 0.0708. The monoisotopic (exact) mass is 312 g/mol. The summed E-state index contributed by atoms with van der Waals surface area (Å²) in [5, 5.41) is 12.7. The maximum atomic E-state index is 12.1. The fourth-order valence-corrected chi connectivity index (χ4v) is 2.62. The van der Waals surface area contributed by atoms with Crippen molar-refractivity contribution in [2.75, 3.05) is 12.8 Å². The number of aromatic amines is 1. The van der Waals surface area contributed by atoms with Gasteiger partial charge in [0.2, 0.25) is 10.0 Å². The van der Waals surface area contributed by atoms with Crippen molar-refractivity contribution in [3.05, 3.63) is 29.6 Å². The van der Waals surface area contributed by atoms with Gasteiger partial charge >= 0.3 is 5.97 Å². The van der Waals surface area contributed by atoms with E-state index in [2.05, 4.69) is 30.1 Å². The van der Waals surface area contributed by atoms with Crippen LogP contribution in [0.5, 0.6) is 0 Å². The molecule has 0 aliphatic rings. The number of sulfonamides is 1. The van der Waals surface area contributed by atoms with Gasteiger partial charge in [-0.1, -0.05) is 5.21 Å². The number of hydrogen-bond donors (Lipinski definition) is 3. The average molecular weight is 312 g/mol. The van der Waals surface area contributed by atoms with Crippen molar-refractivity contribution < 1.29 is 17.9 Å². The lowest BCUT2D eigenvalue weighted by Crippen LogP contribution is -2.25. The number of methoxy groups -OCH3 is 1. The van der Waals surface area contributed by atoms with Crippen LogP contribution in [0.15, 0.2) is 23.1 Å². The Morgan fingerprint density at radius 2 is 2.24 bits per heavy atom. The summed E-state index contributed by atoms with van der Waals surface area (Å²) in [6.45, 7) is -0.142. The molecule has 0 spiro atoms. The van der Waals surface area contributed by atoms with Crippen molar-refractivity contribution in [3.63, 3.8) is 0 Å². The Balaban J connectivity index is 2.21. The molecule has 0 saturated carbocycles. The van der Waals surface area contributed by atoms with E-state index in [1.165, 1.54) is 25.3 Å². The summed E-state index contributed by atoms with van der Waals surface area (Å²) < 4.78 is 31.0. The van der Waals surface area contributed by atoms with Crippen molar-refractivity contribution in [1.82, 2.24) is 25.3 Å². The highest BCUT2D eigenvalue weighted by atomic mass is 32.2. The molecule has 0 fully saturated rings. The molecule has 2 rings (SSSR count). The average Bonchev–Trinajstić information content (AvgIpc) is 2.97. The molecule has 10 nitrogen and oxygen atoms in total. The van der Waals surface area contributed by atoms with Gasteiger partial charge in [-0.25, -0.2) is 17.9 Å². The summed E-state index contributed by atoms with van der Waals surface area (Å²) >= 11 is 0. The third kappa shape index (κ3) is 3.32. The number of nitrogens with one attached hydrogen (secondary N) is 2. The molecular formula is C10H12N6O4S. The second-order valence-electron chi connectivity index (χ2n) is 3.90. The van der Waals surface area contributed by atoms with Crippen molar-refractivity contribution >= 4 is 21.7 Å². The van der Waals surface area contributed by atoms with Crippen molar-refractivity contribution in [2.45, 2.75) is 11.4 Å². The molecule has 0 saturated heterocycles. The van der Waals surface area contributed by atoms with Gasteiger partial charge in [0.1, 0.15) is 4.90 Å². The van der Waals surface area contributed by atoms with Gasteiger partial charge in [-0.2, -0.15) is 5.21 Å². The maximum Gasteiger partial charge on any atom is 0.337 e. The van der Waals surface area contributed by atoms with Crippen LogP contribution in [-0.4, -0.2) is 42.1 Å². The predicted molar refractivity (Wildman–Crippen MR) is 70.4 cm³/mol. The molecule has 0 radical (unpaired) electrons. The van der Waals surface area contributed by atoms with Gasteiger partial charge in [0.05, 0.1) is 24.9 Å². The van der Waals surface area contributed by atoms with Crippen LogP contribution in [0.25, 0.3) is 0 Å². The van der Waals surface area contributed by atoms with E-state index in [-0.39, 0.29) is 28.5 Å². The van der Waals surface area contributed by atoms with E-state index in [1.54, 1.807) is 0 Å². The van der Waals surface area contributed by atoms with Crippen LogP contribution < -0.4 is 10.5 Å². The van der Waals surface area contributed by atoms with Crippen LogP contribution in [0.4, 0.5) is 5.69 Å². The number of benzene rings is 1. The summed E-state index contributed by atoms with van der Waals surface area (Å²) in [5.41, 5.74) is 5.76. The number of H-pyrrole nitrogens is 1. The van der Waals surface area contributed by atoms with E-state index in [4.69, 9.17) is 5.73 Å². The van der Waals surface area contributed by atoms with Crippen LogP contribution in [0.3, 0.4) is 0 Å². The summed E-state index contributed by atoms with van der Waals surface area (Å²) in [4.78, 5) is 11.2. The number of aromatic nitrogens is 4. The standard InChI is InChI=1S/C10H12N6O4S/c1-20-10(17)6-2-3-8(7(11)4-6)21(18,19)12-5-9-13-15-16-14-9/h2-4,12H,5,11H2,1H3,(H,13,14,15,16). The molecule has 1 heterocycles. The highest BCUT2D eigenvalue weighted by Gasteiger charge is 2.19. The van der Waals surface area contributed by atoms with E-state index in [0.717, 1.165) is 0 Å². The molecule has 0 atom stereocenters. The van der Waals surface area contributed by atoms with Gasteiger partial charge < -0.3 is 10.5 Å². The molecule has 0 unspecified atom stereocenters. The zero-order valence-electron chi connectivity index (χ0n) is 10.9. The van der Waals surface area contributed by atoms with E-state index >= 15 is 0 Å². The molecule has 21 heavy (non-hydrogen) atoms. The van der Waals surface area contributed by atoms with Crippen molar-refractivity contribution in [2.24, 2.45) is 0 Å². The van der Waals surface area contributed by atoms with Gasteiger partial charge in [0.25, 0.3) is 0 Å². The number of hydrogen-bond acceptors (Lipinski definition) is 8. The van der Waals surface area contributed by atoms with Gasteiger partial charge in [-0.15, -0.1) is 10.2 Å². The molecular weight excluding hydrogens is 300 g/mol. The van der Waals surface area contributed by atoms with E-state index in [1.807, 2.05) is 0 Å². The number of nitrogens with two attached hydrogens (primary N) is 1. The molecule has 1 aromatic carbocycles. The topological polar surface area (TPSA) is 153 Å². The zero-order valence-corrected chi connectivity index (χ0v) is 11.7. The SMILES string of the molecule is COC(=O)c1ccc(S(=O)(=O)NCc2nn[nH]n2)c(N)c1. The van der Waals surface area contributed by atoms with Crippen LogP contribution in [0.2, 0.25) is 0 Å². The minimum Gasteiger partial charge on any atom is -0.465 e. The first-order valence-electron chi connectivity index (χ1n) is 5.64. The molecule has 0 aliphatic heterocycles. The lowest BCUT2D eigenvalue weighted by atomic mass is 10.2. The molecule has 11 heteroatoms.